The molecule has 1 fully saturated rings. The van der Waals surface area contributed by atoms with Crippen LogP contribution in [0.1, 0.15) is 16.8 Å². The van der Waals surface area contributed by atoms with Crippen LogP contribution in [-0.4, -0.2) is 51.1 Å². The monoisotopic (exact) mass is 316 g/mol. The molecule has 6 nitrogen and oxygen atoms in total. The van der Waals surface area contributed by atoms with Gasteiger partial charge in [-0.05, 0) is 44.1 Å². The standard InChI is InChI=1S/C13H17FN2O4S/c1-16-5-4-9(8-16)7-15-21(19,20)12-3-2-10(13(17)18)6-11(12)14/h2-3,6,9,15H,4-5,7-8H2,1H3,(H,17,18). The molecule has 0 saturated carbocycles. The molecule has 0 bridgehead atoms. The summed E-state index contributed by atoms with van der Waals surface area (Å²) < 4.78 is 40.3. The molecule has 21 heavy (non-hydrogen) atoms. The first-order valence-corrected chi connectivity index (χ1v) is 7.99. The minimum atomic E-state index is -3.97. The highest BCUT2D eigenvalue weighted by atomic mass is 32.2. The average molecular weight is 316 g/mol. The lowest BCUT2D eigenvalue weighted by molar-refractivity contribution is 0.0696. The lowest BCUT2D eigenvalue weighted by Crippen LogP contribution is -2.31. The Morgan fingerprint density at radius 2 is 2.24 bits per heavy atom. The van der Waals surface area contributed by atoms with Gasteiger partial charge in [-0.1, -0.05) is 0 Å². The first kappa shape index (κ1) is 15.9. The van der Waals surface area contributed by atoms with Gasteiger partial charge in [0.25, 0.3) is 0 Å². The minimum absolute atomic E-state index is 0.200. The maximum Gasteiger partial charge on any atom is 0.335 e. The number of rotatable bonds is 5. The van der Waals surface area contributed by atoms with E-state index in [2.05, 4.69) is 9.62 Å². The number of nitrogens with one attached hydrogen (secondary N) is 1. The Balaban J connectivity index is 2.10. The predicted octanol–water partition coefficient (Wildman–Crippen LogP) is 0.754. The Morgan fingerprint density at radius 3 is 2.76 bits per heavy atom. The van der Waals surface area contributed by atoms with Gasteiger partial charge in [-0.3, -0.25) is 0 Å². The van der Waals surface area contributed by atoms with Crippen molar-refractivity contribution in [2.45, 2.75) is 11.3 Å². The Hall–Kier alpha value is -1.51. The van der Waals surface area contributed by atoms with Gasteiger partial charge in [-0.15, -0.1) is 0 Å². The van der Waals surface area contributed by atoms with E-state index in [0.717, 1.165) is 31.6 Å². The van der Waals surface area contributed by atoms with Gasteiger partial charge in [0.05, 0.1) is 5.56 Å². The third-order valence-electron chi connectivity index (χ3n) is 3.52. The molecule has 0 spiro atoms. The van der Waals surface area contributed by atoms with Crippen LogP contribution in [0.25, 0.3) is 0 Å². The molecule has 1 saturated heterocycles. The van der Waals surface area contributed by atoms with E-state index in [0.29, 0.717) is 6.07 Å². The molecule has 2 rings (SSSR count). The van der Waals surface area contributed by atoms with Gasteiger partial charge in [0, 0.05) is 13.1 Å². The number of halogens is 1. The van der Waals surface area contributed by atoms with Crippen LogP contribution >= 0.6 is 0 Å². The zero-order valence-electron chi connectivity index (χ0n) is 11.5. The summed E-state index contributed by atoms with van der Waals surface area (Å²) in [5.74, 6) is -2.17. The molecule has 0 radical (unpaired) electrons. The molecule has 1 heterocycles. The summed E-state index contributed by atoms with van der Waals surface area (Å²) in [7, 11) is -2.02. The first-order valence-electron chi connectivity index (χ1n) is 6.50. The van der Waals surface area contributed by atoms with E-state index in [1.54, 1.807) is 0 Å². The Bertz CT molecular complexity index is 648. The molecule has 1 aliphatic heterocycles. The van der Waals surface area contributed by atoms with Gasteiger partial charge < -0.3 is 10.0 Å². The number of hydrogen-bond donors (Lipinski definition) is 2. The summed E-state index contributed by atoms with van der Waals surface area (Å²) in [5.41, 5.74) is -0.288. The van der Waals surface area contributed by atoms with E-state index in [9.17, 15) is 17.6 Å². The van der Waals surface area contributed by atoms with E-state index in [1.807, 2.05) is 7.05 Å². The number of benzene rings is 1. The van der Waals surface area contributed by atoms with Crippen LogP contribution in [0.3, 0.4) is 0 Å². The smallest absolute Gasteiger partial charge is 0.335 e. The summed E-state index contributed by atoms with van der Waals surface area (Å²) >= 11 is 0. The van der Waals surface area contributed by atoms with Crippen molar-refractivity contribution in [3.63, 3.8) is 0 Å². The highest BCUT2D eigenvalue weighted by molar-refractivity contribution is 7.89. The normalized spacial score (nSPS) is 19.8. The van der Waals surface area contributed by atoms with E-state index >= 15 is 0 Å². The third kappa shape index (κ3) is 3.78. The van der Waals surface area contributed by atoms with Crippen LogP contribution in [0.5, 0.6) is 0 Å². The molecule has 116 valence electrons. The number of carboxylic acids is 1. The topological polar surface area (TPSA) is 86.7 Å². The largest absolute Gasteiger partial charge is 0.478 e. The van der Waals surface area contributed by atoms with Crippen molar-refractivity contribution >= 4 is 16.0 Å². The molecular weight excluding hydrogens is 299 g/mol. The second kappa shape index (κ2) is 6.08. The van der Waals surface area contributed by atoms with Gasteiger partial charge in [0.1, 0.15) is 10.7 Å². The van der Waals surface area contributed by atoms with Crippen molar-refractivity contribution in [1.82, 2.24) is 9.62 Å². The summed E-state index contributed by atoms with van der Waals surface area (Å²) in [4.78, 5) is 12.3. The van der Waals surface area contributed by atoms with Crippen LogP contribution in [0, 0.1) is 11.7 Å². The van der Waals surface area contributed by atoms with E-state index in [-0.39, 0.29) is 18.0 Å². The summed E-state index contributed by atoms with van der Waals surface area (Å²) in [6.07, 6.45) is 0.888. The fourth-order valence-electron chi connectivity index (χ4n) is 2.35. The van der Waals surface area contributed by atoms with Gasteiger partial charge >= 0.3 is 5.97 Å². The molecule has 1 aliphatic rings. The van der Waals surface area contributed by atoms with Crippen LogP contribution in [-0.2, 0) is 10.0 Å². The Labute approximate surface area is 122 Å². The second-order valence-corrected chi connectivity index (χ2v) is 6.95. The maximum absolute atomic E-state index is 13.8. The van der Waals surface area contributed by atoms with Crippen LogP contribution in [0.4, 0.5) is 4.39 Å². The number of likely N-dealkylation sites (tertiary alicyclic amines) is 1. The molecule has 8 heteroatoms. The minimum Gasteiger partial charge on any atom is -0.478 e. The third-order valence-corrected chi connectivity index (χ3v) is 4.98. The molecule has 0 amide bonds. The fraction of sp³-hybridized carbons (Fsp3) is 0.462. The van der Waals surface area contributed by atoms with E-state index in [4.69, 9.17) is 5.11 Å². The zero-order chi connectivity index (χ0) is 15.6. The number of nitrogens with zero attached hydrogens (tertiary/aromatic N) is 1. The first-order chi connectivity index (χ1) is 9.79. The van der Waals surface area contributed by atoms with Crippen molar-refractivity contribution in [1.29, 1.82) is 0 Å². The van der Waals surface area contributed by atoms with Crippen molar-refractivity contribution in [2.24, 2.45) is 5.92 Å². The average Bonchev–Trinajstić information content (AvgIpc) is 2.82. The van der Waals surface area contributed by atoms with Crippen molar-refractivity contribution in [3.8, 4) is 0 Å². The van der Waals surface area contributed by atoms with Crippen molar-refractivity contribution in [3.05, 3.63) is 29.6 Å². The molecular formula is C13H17FN2O4S. The van der Waals surface area contributed by atoms with Crippen molar-refractivity contribution in [2.75, 3.05) is 26.7 Å². The number of carbonyl (C=O) groups is 1. The lowest BCUT2D eigenvalue weighted by Gasteiger charge is -2.12. The van der Waals surface area contributed by atoms with Gasteiger partial charge in [0.15, 0.2) is 0 Å². The van der Waals surface area contributed by atoms with Gasteiger partial charge in [0.2, 0.25) is 10.0 Å². The summed E-state index contributed by atoms with van der Waals surface area (Å²) in [6.45, 7) is 1.95. The molecule has 0 aliphatic carbocycles. The molecule has 1 atom stereocenters. The molecule has 2 N–H and O–H groups in total. The van der Waals surface area contributed by atoms with Crippen molar-refractivity contribution < 1.29 is 22.7 Å². The van der Waals surface area contributed by atoms with Gasteiger partial charge in [-0.25, -0.2) is 22.3 Å². The highest BCUT2D eigenvalue weighted by Crippen LogP contribution is 2.18. The van der Waals surface area contributed by atoms with E-state index in [1.165, 1.54) is 0 Å². The number of hydrogen-bond acceptors (Lipinski definition) is 4. The molecule has 1 aromatic carbocycles. The molecule has 1 aromatic rings. The maximum atomic E-state index is 13.8. The van der Waals surface area contributed by atoms with E-state index < -0.39 is 26.7 Å². The number of sulfonamides is 1. The molecule has 1 unspecified atom stereocenters. The quantitative estimate of drug-likeness (QED) is 0.837. The Morgan fingerprint density at radius 1 is 1.52 bits per heavy atom. The second-order valence-electron chi connectivity index (χ2n) is 5.22. The Kier molecular flexibility index (Phi) is 4.60. The molecule has 0 aromatic heterocycles. The van der Waals surface area contributed by atoms with Crippen LogP contribution in [0.15, 0.2) is 23.1 Å². The highest BCUT2D eigenvalue weighted by Gasteiger charge is 2.24. The van der Waals surface area contributed by atoms with Crippen LogP contribution in [0.2, 0.25) is 0 Å². The predicted molar refractivity (Wildman–Crippen MR) is 74.2 cm³/mol. The number of aromatic carboxylic acids is 1. The summed E-state index contributed by atoms with van der Waals surface area (Å²) in [5, 5.41) is 8.74. The lowest BCUT2D eigenvalue weighted by atomic mass is 10.1. The summed E-state index contributed by atoms with van der Waals surface area (Å²) in [6, 6.07) is 2.76. The SMILES string of the molecule is CN1CCC(CNS(=O)(=O)c2ccc(C(=O)O)cc2F)C1. The zero-order valence-corrected chi connectivity index (χ0v) is 12.4. The number of carboxylic acid groups (broad SMARTS) is 1. The van der Waals surface area contributed by atoms with Crippen LogP contribution < -0.4 is 4.72 Å². The van der Waals surface area contributed by atoms with Gasteiger partial charge in [-0.2, -0.15) is 0 Å². The fourth-order valence-corrected chi connectivity index (χ4v) is 3.52.